The topological polar surface area (TPSA) is 117 Å². The lowest BCUT2D eigenvalue weighted by Crippen LogP contribution is -2.46. The molecule has 1 aliphatic rings. The zero-order chi connectivity index (χ0) is 19.6. The standard InChI is InChI=1S/C17H21N5O5/c1-19(10-15(24)20-8-5-12(6-9-20)16(25)26)14(23)11-22-17(27)21-7-3-2-4-13(21)18-22/h2-4,7,12H,5-6,8-11H2,1H3,(H,25,26). The molecule has 0 spiro atoms. The molecule has 0 saturated carbocycles. The van der Waals surface area contributed by atoms with Gasteiger partial charge in [0, 0.05) is 26.3 Å². The molecule has 0 unspecified atom stereocenters. The summed E-state index contributed by atoms with van der Waals surface area (Å²) in [6.45, 7) is 0.345. The minimum Gasteiger partial charge on any atom is -0.481 e. The zero-order valence-corrected chi connectivity index (χ0v) is 14.9. The van der Waals surface area contributed by atoms with Crippen molar-refractivity contribution < 1.29 is 19.5 Å². The Bertz CT molecular complexity index is 925. The van der Waals surface area contributed by atoms with Crippen LogP contribution < -0.4 is 5.69 Å². The molecule has 27 heavy (non-hydrogen) atoms. The summed E-state index contributed by atoms with van der Waals surface area (Å²) in [5, 5.41) is 13.1. The number of aromatic nitrogens is 3. The molecule has 10 heteroatoms. The number of aliphatic carboxylic acids is 1. The van der Waals surface area contributed by atoms with Crippen LogP contribution in [0.1, 0.15) is 12.8 Å². The number of amides is 2. The summed E-state index contributed by atoms with van der Waals surface area (Å²) in [4.78, 5) is 50.7. The van der Waals surface area contributed by atoms with E-state index in [2.05, 4.69) is 5.10 Å². The van der Waals surface area contributed by atoms with E-state index in [9.17, 15) is 19.2 Å². The molecular formula is C17H21N5O5. The van der Waals surface area contributed by atoms with E-state index in [1.807, 2.05) is 0 Å². The molecule has 1 saturated heterocycles. The van der Waals surface area contributed by atoms with Crippen molar-refractivity contribution in [3.8, 4) is 0 Å². The molecule has 2 aromatic rings. The lowest BCUT2D eigenvalue weighted by molar-refractivity contribution is -0.146. The molecule has 2 amide bonds. The third-order valence-corrected chi connectivity index (χ3v) is 4.77. The van der Waals surface area contributed by atoms with E-state index in [0.717, 1.165) is 4.68 Å². The highest BCUT2D eigenvalue weighted by molar-refractivity contribution is 5.84. The third kappa shape index (κ3) is 3.99. The van der Waals surface area contributed by atoms with Crippen LogP contribution in [0.2, 0.25) is 0 Å². The lowest BCUT2D eigenvalue weighted by Gasteiger charge is -2.31. The zero-order valence-electron chi connectivity index (χ0n) is 14.9. The minimum absolute atomic E-state index is 0.126. The van der Waals surface area contributed by atoms with Gasteiger partial charge in [-0.05, 0) is 25.0 Å². The van der Waals surface area contributed by atoms with Crippen molar-refractivity contribution in [1.82, 2.24) is 24.0 Å². The monoisotopic (exact) mass is 375 g/mol. The van der Waals surface area contributed by atoms with Crippen molar-refractivity contribution in [3.63, 3.8) is 0 Å². The van der Waals surface area contributed by atoms with Gasteiger partial charge in [0.05, 0.1) is 12.5 Å². The van der Waals surface area contributed by atoms with Gasteiger partial charge in [-0.3, -0.25) is 18.8 Å². The number of carboxylic acids is 1. The van der Waals surface area contributed by atoms with E-state index in [1.54, 1.807) is 29.3 Å². The van der Waals surface area contributed by atoms with Crippen LogP contribution in [-0.2, 0) is 20.9 Å². The largest absolute Gasteiger partial charge is 0.481 e. The molecule has 1 N–H and O–H groups in total. The van der Waals surface area contributed by atoms with Gasteiger partial charge >= 0.3 is 11.7 Å². The van der Waals surface area contributed by atoms with E-state index in [0.29, 0.717) is 31.6 Å². The summed E-state index contributed by atoms with van der Waals surface area (Å²) >= 11 is 0. The van der Waals surface area contributed by atoms with Crippen LogP contribution in [0, 0.1) is 5.92 Å². The number of pyridine rings is 1. The summed E-state index contributed by atoms with van der Waals surface area (Å²) in [5.74, 6) is -1.91. The van der Waals surface area contributed by atoms with E-state index >= 15 is 0 Å². The summed E-state index contributed by atoms with van der Waals surface area (Å²) in [6.07, 6.45) is 2.39. The van der Waals surface area contributed by atoms with Crippen molar-refractivity contribution in [1.29, 1.82) is 0 Å². The molecule has 10 nitrogen and oxygen atoms in total. The number of piperidine rings is 1. The second-order valence-electron chi connectivity index (χ2n) is 6.61. The number of fused-ring (bicyclic) bond motifs is 1. The number of hydrogen-bond donors (Lipinski definition) is 1. The van der Waals surface area contributed by atoms with Crippen molar-refractivity contribution in [2.45, 2.75) is 19.4 Å². The van der Waals surface area contributed by atoms with Crippen molar-refractivity contribution in [3.05, 3.63) is 34.9 Å². The molecule has 144 valence electrons. The summed E-state index contributed by atoms with van der Waals surface area (Å²) in [5.41, 5.74) is 0.0183. The van der Waals surface area contributed by atoms with Gasteiger partial charge in [0.1, 0.15) is 6.54 Å². The molecular weight excluding hydrogens is 354 g/mol. The first-order valence-electron chi connectivity index (χ1n) is 8.65. The van der Waals surface area contributed by atoms with Crippen molar-refractivity contribution in [2.75, 3.05) is 26.7 Å². The maximum atomic E-state index is 12.4. The maximum absolute atomic E-state index is 12.4. The first-order valence-corrected chi connectivity index (χ1v) is 8.65. The molecule has 3 heterocycles. The fraction of sp³-hybridized carbons (Fsp3) is 0.471. The Labute approximate surface area is 154 Å². The maximum Gasteiger partial charge on any atom is 0.350 e. The van der Waals surface area contributed by atoms with Crippen LogP contribution in [0.15, 0.2) is 29.2 Å². The second kappa shape index (κ2) is 7.60. The van der Waals surface area contributed by atoms with Crippen LogP contribution >= 0.6 is 0 Å². The van der Waals surface area contributed by atoms with Crippen LogP contribution in [0.3, 0.4) is 0 Å². The van der Waals surface area contributed by atoms with Crippen molar-refractivity contribution >= 4 is 23.4 Å². The SMILES string of the molecule is CN(CC(=O)N1CCC(C(=O)O)CC1)C(=O)Cn1nc2ccccn2c1=O. The smallest absolute Gasteiger partial charge is 0.350 e. The predicted molar refractivity (Wildman–Crippen MR) is 94.0 cm³/mol. The molecule has 1 fully saturated rings. The fourth-order valence-corrected chi connectivity index (χ4v) is 3.09. The number of carbonyl (C=O) groups excluding carboxylic acids is 2. The molecule has 0 atom stereocenters. The predicted octanol–water partition coefficient (Wildman–Crippen LogP) is -0.722. The summed E-state index contributed by atoms with van der Waals surface area (Å²) < 4.78 is 2.40. The Hall–Kier alpha value is -3.17. The fourth-order valence-electron chi connectivity index (χ4n) is 3.09. The Morgan fingerprint density at radius 2 is 1.96 bits per heavy atom. The number of nitrogens with zero attached hydrogens (tertiary/aromatic N) is 5. The van der Waals surface area contributed by atoms with Gasteiger partial charge in [-0.15, -0.1) is 5.10 Å². The van der Waals surface area contributed by atoms with Gasteiger partial charge in [0.15, 0.2) is 5.65 Å². The van der Waals surface area contributed by atoms with Crippen molar-refractivity contribution in [2.24, 2.45) is 5.92 Å². The Kier molecular flexibility index (Phi) is 5.24. The Morgan fingerprint density at radius 1 is 1.26 bits per heavy atom. The molecule has 2 aromatic heterocycles. The highest BCUT2D eigenvalue weighted by Crippen LogP contribution is 2.17. The summed E-state index contributed by atoms with van der Waals surface area (Å²) in [7, 11) is 1.49. The van der Waals surface area contributed by atoms with Gasteiger partial charge in [0.2, 0.25) is 11.8 Å². The Balaban J connectivity index is 1.57. The van der Waals surface area contributed by atoms with Crippen LogP contribution in [-0.4, -0.2) is 73.6 Å². The average Bonchev–Trinajstić information content (AvgIpc) is 2.97. The number of rotatable bonds is 5. The number of likely N-dealkylation sites (N-methyl/N-ethyl adjacent to an activating group) is 1. The number of hydrogen-bond acceptors (Lipinski definition) is 5. The van der Waals surface area contributed by atoms with Gasteiger partial charge in [-0.25, -0.2) is 9.48 Å². The number of carbonyl (C=O) groups is 3. The number of likely N-dealkylation sites (tertiary alicyclic amines) is 1. The number of carboxylic acid groups (broad SMARTS) is 1. The average molecular weight is 375 g/mol. The van der Waals surface area contributed by atoms with E-state index in [4.69, 9.17) is 5.11 Å². The molecule has 3 rings (SSSR count). The van der Waals surface area contributed by atoms with Gasteiger partial charge < -0.3 is 14.9 Å². The van der Waals surface area contributed by atoms with Crippen LogP contribution in [0.25, 0.3) is 5.65 Å². The highest BCUT2D eigenvalue weighted by atomic mass is 16.4. The summed E-state index contributed by atoms with van der Waals surface area (Å²) in [6, 6.07) is 5.10. The molecule has 0 aliphatic carbocycles. The third-order valence-electron chi connectivity index (χ3n) is 4.77. The second-order valence-corrected chi connectivity index (χ2v) is 6.61. The quantitative estimate of drug-likeness (QED) is 0.737. The minimum atomic E-state index is -0.840. The highest BCUT2D eigenvalue weighted by Gasteiger charge is 2.28. The van der Waals surface area contributed by atoms with E-state index < -0.39 is 23.5 Å². The first-order chi connectivity index (χ1) is 12.9. The van der Waals surface area contributed by atoms with Gasteiger partial charge in [-0.1, -0.05) is 6.07 Å². The lowest BCUT2D eigenvalue weighted by atomic mass is 9.97. The molecule has 0 bridgehead atoms. The van der Waals surface area contributed by atoms with Crippen LogP contribution in [0.4, 0.5) is 0 Å². The van der Waals surface area contributed by atoms with E-state index in [-0.39, 0.29) is 19.0 Å². The van der Waals surface area contributed by atoms with Gasteiger partial charge in [-0.2, -0.15) is 0 Å². The molecule has 0 aromatic carbocycles. The molecule has 0 radical (unpaired) electrons. The first kappa shape index (κ1) is 18.6. The molecule has 1 aliphatic heterocycles. The van der Waals surface area contributed by atoms with Gasteiger partial charge in [0.25, 0.3) is 0 Å². The van der Waals surface area contributed by atoms with E-state index in [1.165, 1.54) is 16.3 Å². The Morgan fingerprint density at radius 3 is 2.59 bits per heavy atom. The normalized spacial score (nSPS) is 15.1. The van der Waals surface area contributed by atoms with Crippen LogP contribution in [0.5, 0.6) is 0 Å².